The van der Waals surface area contributed by atoms with Crippen molar-refractivity contribution in [3.63, 3.8) is 0 Å². The van der Waals surface area contributed by atoms with Crippen molar-refractivity contribution in [1.29, 1.82) is 0 Å². The van der Waals surface area contributed by atoms with Gasteiger partial charge in [0.15, 0.2) is 0 Å². The van der Waals surface area contributed by atoms with Gasteiger partial charge in [0.1, 0.15) is 35.5 Å². The number of hydrogen-bond donors (Lipinski definition) is 0. The summed E-state index contributed by atoms with van der Waals surface area (Å²) < 4.78 is 53.7. The molecule has 0 fully saturated rings. The molecule has 0 N–H and O–H groups in total. The number of fused-ring (bicyclic) bond motifs is 3. The third-order valence-corrected chi connectivity index (χ3v) is 8.72. The molecule has 0 spiro atoms. The molecule has 0 saturated heterocycles. The van der Waals surface area contributed by atoms with Crippen LogP contribution in [0.25, 0.3) is 33.3 Å². The molecule has 6 aromatic rings. The number of hydrogen-bond acceptors (Lipinski definition) is 3. The summed E-state index contributed by atoms with van der Waals surface area (Å²) in [5.74, 6) is 0.476. The van der Waals surface area contributed by atoms with E-state index in [1.165, 1.54) is 5.56 Å². The molecule has 1 aliphatic carbocycles. The van der Waals surface area contributed by atoms with E-state index in [2.05, 4.69) is 47.8 Å². The van der Waals surface area contributed by atoms with Crippen LogP contribution in [0.4, 0.5) is 13.2 Å². The van der Waals surface area contributed by atoms with Gasteiger partial charge in [0.05, 0.1) is 28.3 Å². The molecule has 1 unspecified atom stereocenters. The summed E-state index contributed by atoms with van der Waals surface area (Å²) in [6.07, 6.45) is -0.926. The SMILES string of the molecule is Cc1nn(-c2cccc(Oc3ccc4c5ccccc5n(-c5cc(C(C)C)ccn5)c4c3)c2)c(C)c1[C@@H]1C(F)=CC(F)C[C@@H]1F. The number of halogens is 3. The summed E-state index contributed by atoms with van der Waals surface area (Å²) in [6, 6.07) is 25.9. The Morgan fingerprint density at radius 2 is 1.64 bits per heavy atom. The molecule has 45 heavy (non-hydrogen) atoms. The van der Waals surface area contributed by atoms with Gasteiger partial charge in [0.2, 0.25) is 0 Å². The molecule has 3 heterocycles. The first kappa shape index (κ1) is 28.9. The maximum absolute atomic E-state index is 14.9. The molecule has 7 rings (SSSR count). The van der Waals surface area contributed by atoms with Crippen molar-refractivity contribution in [2.24, 2.45) is 0 Å². The molecule has 8 heteroatoms. The van der Waals surface area contributed by atoms with Gasteiger partial charge in [-0.2, -0.15) is 5.10 Å². The topological polar surface area (TPSA) is 44.9 Å². The molecule has 5 nitrogen and oxygen atoms in total. The Kier molecular flexibility index (Phi) is 7.23. The number of pyridine rings is 1. The predicted octanol–water partition coefficient (Wildman–Crippen LogP) is 9.91. The third-order valence-electron chi connectivity index (χ3n) is 8.72. The number of benzene rings is 3. The molecule has 3 atom stereocenters. The van der Waals surface area contributed by atoms with Gasteiger partial charge in [-0.3, -0.25) is 4.57 Å². The van der Waals surface area contributed by atoms with E-state index in [9.17, 15) is 13.2 Å². The molecular weight excluding hydrogens is 573 g/mol. The highest BCUT2D eigenvalue weighted by atomic mass is 19.2. The van der Waals surface area contributed by atoms with Crippen molar-refractivity contribution >= 4 is 21.8 Å². The zero-order chi connectivity index (χ0) is 31.4. The van der Waals surface area contributed by atoms with Gasteiger partial charge >= 0.3 is 0 Å². The van der Waals surface area contributed by atoms with Crippen LogP contribution in [0.15, 0.2) is 97.0 Å². The van der Waals surface area contributed by atoms with E-state index < -0.39 is 24.1 Å². The first-order valence-electron chi connectivity index (χ1n) is 15.2. The van der Waals surface area contributed by atoms with Crippen LogP contribution in [0.3, 0.4) is 0 Å². The van der Waals surface area contributed by atoms with Crippen LogP contribution in [0.1, 0.15) is 54.6 Å². The summed E-state index contributed by atoms with van der Waals surface area (Å²) in [4.78, 5) is 4.73. The van der Waals surface area contributed by atoms with E-state index in [4.69, 9.17) is 9.72 Å². The molecule has 0 aliphatic heterocycles. The van der Waals surface area contributed by atoms with Gasteiger partial charge < -0.3 is 4.74 Å². The summed E-state index contributed by atoms with van der Waals surface area (Å²) in [6.45, 7) is 7.84. The zero-order valence-electron chi connectivity index (χ0n) is 25.5. The summed E-state index contributed by atoms with van der Waals surface area (Å²) in [5, 5.41) is 6.83. The van der Waals surface area contributed by atoms with Crippen LogP contribution in [-0.4, -0.2) is 31.7 Å². The maximum Gasteiger partial charge on any atom is 0.137 e. The van der Waals surface area contributed by atoms with Crippen LogP contribution in [0.2, 0.25) is 0 Å². The Balaban J connectivity index is 1.26. The fourth-order valence-corrected chi connectivity index (χ4v) is 6.53. The number of alkyl halides is 2. The minimum atomic E-state index is -1.66. The molecule has 0 saturated carbocycles. The second-order valence-electron chi connectivity index (χ2n) is 12.0. The van der Waals surface area contributed by atoms with E-state index in [-0.39, 0.29) is 6.42 Å². The highest BCUT2D eigenvalue weighted by molar-refractivity contribution is 6.09. The van der Waals surface area contributed by atoms with Crippen LogP contribution in [-0.2, 0) is 0 Å². The Hall–Kier alpha value is -4.85. The van der Waals surface area contributed by atoms with Crippen molar-refractivity contribution in [3.05, 3.63) is 119 Å². The summed E-state index contributed by atoms with van der Waals surface area (Å²) in [5.41, 5.74) is 5.47. The Bertz CT molecular complexity index is 2090. The van der Waals surface area contributed by atoms with Crippen LogP contribution >= 0.6 is 0 Å². The minimum Gasteiger partial charge on any atom is -0.457 e. The fourth-order valence-electron chi connectivity index (χ4n) is 6.53. The van der Waals surface area contributed by atoms with Crippen molar-refractivity contribution in [2.45, 2.75) is 58.3 Å². The quantitative estimate of drug-likeness (QED) is 0.190. The van der Waals surface area contributed by atoms with Crippen LogP contribution in [0, 0.1) is 13.8 Å². The number of para-hydroxylation sites is 1. The molecule has 3 aromatic carbocycles. The standard InChI is InChI=1S/C37H33F3N4O/c1-21(2)24-14-15-41-35(16-24)43-33-11-6-5-10-29(33)30-13-12-28(20-34(30)43)45-27-9-7-8-26(19-27)44-23(4)36(22(3)42-44)37-31(39)17-25(38)18-32(37)40/h5-17,19-21,25,32,37H,18H2,1-4H3/t25?,32-,37+/m0/s1. The average molecular weight is 607 g/mol. The zero-order valence-corrected chi connectivity index (χ0v) is 25.5. The predicted molar refractivity (Wildman–Crippen MR) is 172 cm³/mol. The average Bonchev–Trinajstić information content (AvgIpc) is 3.50. The second kappa shape index (κ2) is 11.3. The molecule has 0 amide bonds. The Morgan fingerprint density at radius 3 is 2.44 bits per heavy atom. The fraction of sp³-hybridized carbons (Fsp3) is 0.243. The smallest absolute Gasteiger partial charge is 0.137 e. The van der Waals surface area contributed by atoms with Gasteiger partial charge in [0, 0.05) is 46.8 Å². The van der Waals surface area contributed by atoms with Crippen molar-refractivity contribution in [1.82, 2.24) is 19.3 Å². The highest BCUT2D eigenvalue weighted by Crippen LogP contribution is 2.41. The van der Waals surface area contributed by atoms with Crippen molar-refractivity contribution < 1.29 is 17.9 Å². The molecule has 3 aromatic heterocycles. The normalized spacial score (nSPS) is 18.6. The Morgan fingerprint density at radius 1 is 0.867 bits per heavy atom. The highest BCUT2D eigenvalue weighted by Gasteiger charge is 2.37. The first-order valence-corrected chi connectivity index (χ1v) is 15.2. The van der Waals surface area contributed by atoms with Gasteiger partial charge in [-0.1, -0.05) is 38.1 Å². The van der Waals surface area contributed by atoms with Crippen molar-refractivity contribution in [2.75, 3.05) is 0 Å². The third kappa shape index (κ3) is 5.08. The van der Waals surface area contributed by atoms with E-state index >= 15 is 0 Å². The minimum absolute atomic E-state index is 0.364. The van der Waals surface area contributed by atoms with E-state index in [1.54, 1.807) is 18.5 Å². The van der Waals surface area contributed by atoms with Gasteiger partial charge in [-0.05, 0) is 73.9 Å². The number of ether oxygens (including phenoxy) is 1. The largest absolute Gasteiger partial charge is 0.457 e. The van der Waals surface area contributed by atoms with Gasteiger partial charge in [-0.15, -0.1) is 0 Å². The maximum atomic E-state index is 14.9. The lowest BCUT2D eigenvalue weighted by molar-refractivity contribution is 0.195. The monoisotopic (exact) mass is 606 g/mol. The Labute approximate surface area is 259 Å². The molecule has 1 aliphatic rings. The van der Waals surface area contributed by atoms with Gasteiger partial charge in [0.25, 0.3) is 0 Å². The summed E-state index contributed by atoms with van der Waals surface area (Å²) >= 11 is 0. The molecule has 0 radical (unpaired) electrons. The number of nitrogens with zero attached hydrogens (tertiary/aromatic N) is 4. The molecule has 0 bridgehead atoms. The summed E-state index contributed by atoms with van der Waals surface area (Å²) in [7, 11) is 0. The molecular formula is C37H33F3N4O. The second-order valence-corrected chi connectivity index (χ2v) is 12.0. The lowest BCUT2D eigenvalue weighted by Gasteiger charge is -2.25. The van der Waals surface area contributed by atoms with Crippen molar-refractivity contribution in [3.8, 4) is 23.0 Å². The first-order chi connectivity index (χ1) is 21.7. The number of allylic oxidation sites excluding steroid dienone is 2. The molecule has 228 valence electrons. The van der Waals surface area contributed by atoms with E-state index in [1.807, 2.05) is 60.8 Å². The lowest BCUT2D eigenvalue weighted by Crippen LogP contribution is -2.25. The number of rotatable bonds is 6. The van der Waals surface area contributed by atoms with E-state index in [0.29, 0.717) is 40.1 Å². The lowest BCUT2D eigenvalue weighted by atomic mass is 9.85. The van der Waals surface area contributed by atoms with E-state index in [0.717, 1.165) is 33.7 Å². The van der Waals surface area contributed by atoms with Crippen LogP contribution in [0.5, 0.6) is 11.5 Å². The number of aryl methyl sites for hydroxylation is 1. The van der Waals surface area contributed by atoms with Crippen LogP contribution < -0.4 is 4.74 Å². The van der Waals surface area contributed by atoms with Gasteiger partial charge in [-0.25, -0.2) is 22.8 Å². The number of aromatic nitrogens is 4.